The minimum Gasteiger partial charge on any atom is -0.353 e. The van der Waals surface area contributed by atoms with Gasteiger partial charge in [-0.05, 0) is 24.5 Å². The van der Waals surface area contributed by atoms with Gasteiger partial charge in [-0.3, -0.25) is 5.10 Å². The Labute approximate surface area is 89.5 Å². The minimum atomic E-state index is 0.999. The predicted octanol–water partition coefficient (Wildman–Crippen LogP) is 3.02. The van der Waals surface area contributed by atoms with Gasteiger partial charge in [0.15, 0.2) is 0 Å². The summed E-state index contributed by atoms with van der Waals surface area (Å²) >= 11 is 0. The van der Waals surface area contributed by atoms with Gasteiger partial charge >= 0.3 is 0 Å². The SMILES string of the molecule is CCc1cccc(C)c1Nc1cn[nH]c1. The van der Waals surface area contributed by atoms with Gasteiger partial charge in [0.1, 0.15) is 0 Å². The van der Waals surface area contributed by atoms with E-state index in [0.29, 0.717) is 0 Å². The average molecular weight is 201 g/mol. The fourth-order valence-electron chi connectivity index (χ4n) is 1.67. The highest BCUT2D eigenvalue weighted by Gasteiger charge is 2.04. The zero-order chi connectivity index (χ0) is 10.7. The second kappa shape index (κ2) is 4.17. The lowest BCUT2D eigenvalue weighted by atomic mass is 10.1. The Bertz CT molecular complexity index is 432. The summed E-state index contributed by atoms with van der Waals surface area (Å²) in [4.78, 5) is 0. The lowest BCUT2D eigenvalue weighted by Gasteiger charge is -2.12. The highest BCUT2D eigenvalue weighted by Crippen LogP contribution is 2.24. The van der Waals surface area contributed by atoms with Crippen LogP contribution in [0.15, 0.2) is 30.6 Å². The topological polar surface area (TPSA) is 40.7 Å². The molecule has 0 aliphatic carbocycles. The molecule has 2 rings (SSSR count). The van der Waals surface area contributed by atoms with Gasteiger partial charge in [-0.1, -0.05) is 25.1 Å². The van der Waals surface area contributed by atoms with E-state index in [2.05, 4.69) is 47.6 Å². The zero-order valence-electron chi connectivity index (χ0n) is 9.04. The van der Waals surface area contributed by atoms with Crippen molar-refractivity contribution in [2.45, 2.75) is 20.3 Å². The van der Waals surface area contributed by atoms with Crippen molar-refractivity contribution in [2.75, 3.05) is 5.32 Å². The number of aromatic nitrogens is 2. The third-order valence-electron chi connectivity index (χ3n) is 2.51. The van der Waals surface area contributed by atoms with Crippen molar-refractivity contribution >= 4 is 11.4 Å². The first-order chi connectivity index (χ1) is 7.31. The van der Waals surface area contributed by atoms with E-state index >= 15 is 0 Å². The molecule has 2 N–H and O–H groups in total. The monoisotopic (exact) mass is 201 g/mol. The molecule has 0 aliphatic rings. The normalized spacial score (nSPS) is 10.3. The number of para-hydroxylation sites is 1. The summed E-state index contributed by atoms with van der Waals surface area (Å²) in [6.07, 6.45) is 4.67. The van der Waals surface area contributed by atoms with Crippen molar-refractivity contribution in [3.8, 4) is 0 Å². The molecular weight excluding hydrogens is 186 g/mol. The van der Waals surface area contributed by atoms with Crippen LogP contribution in [-0.2, 0) is 6.42 Å². The van der Waals surface area contributed by atoms with Crippen LogP contribution in [0, 0.1) is 6.92 Å². The summed E-state index contributed by atoms with van der Waals surface area (Å²) in [7, 11) is 0. The molecule has 3 nitrogen and oxygen atoms in total. The van der Waals surface area contributed by atoms with E-state index in [1.165, 1.54) is 16.8 Å². The van der Waals surface area contributed by atoms with Gasteiger partial charge in [0.25, 0.3) is 0 Å². The van der Waals surface area contributed by atoms with E-state index in [-0.39, 0.29) is 0 Å². The highest BCUT2D eigenvalue weighted by molar-refractivity contribution is 5.65. The van der Waals surface area contributed by atoms with Crippen molar-refractivity contribution in [2.24, 2.45) is 0 Å². The van der Waals surface area contributed by atoms with Crippen LogP contribution in [0.5, 0.6) is 0 Å². The number of nitrogens with zero attached hydrogens (tertiary/aromatic N) is 1. The maximum absolute atomic E-state index is 3.92. The second-order valence-electron chi connectivity index (χ2n) is 3.57. The molecule has 0 aliphatic heterocycles. The van der Waals surface area contributed by atoms with Crippen LogP contribution in [-0.4, -0.2) is 10.2 Å². The van der Waals surface area contributed by atoms with Crippen molar-refractivity contribution in [1.82, 2.24) is 10.2 Å². The third-order valence-corrected chi connectivity index (χ3v) is 2.51. The molecule has 3 heteroatoms. The molecule has 0 bridgehead atoms. The Hall–Kier alpha value is -1.77. The number of aromatic amines is 1. The van der Waals surface area contributed by atoms with Gasteiger partial charge in [-0.25, -0.2) is 0 Å². The molecule has 0 spiro atoms. The van der Waals surface area contributed by atoms with Gasteiger partial charge < -0.3 is 5.32 Å². The van der Waals surface area contributed by atoms with Crippen LogP contribution < -0.4 is 5.32 Å². The van der Waals surface area contributed by atoms with E-state index in [4.69, 9.17) is 0 Å². The lowest BCUT2D eigenvalue weighted by molar-refractivity contribution is 1.09. The van der Waals surface area contributed by atoms with E-state index in [1.807, 2.05) is 6.20 Å². The molecule has 2 aromatic rings. The van der Waals surface area contributed by atoms with Gasteiger partial charge in [-0.2, -0.15) is 5.10 Å². The van der Waals surface area contributed by atoms with E-state index in [0.717, 1.165) is 12.1 Å². The summed E-state index contributed by atoms with van der Waals surface area (Å²) in [6.45, 7) is 4.27. The minimum absolute atomic E-state index is 0.999. The third kappa shape index (κ3) is 2.01. The number of anilines is 2. The quantitative estimate of drug-likeness (QED) is 0.801. The number of benzene rings is 1. The molecule has 0 amide bonds. The van der Waals surface area contributed by atoms with Gasteiger partial charge in [-0.15, -0.1) is 0 Å². The Kier molecular flexibility index (Phi) is 2.72. The molecule has 0 atom stereocenters. The van der Waals surface area contributed by atoms with E-state index in [9.17, 15) is 0 Å². The predicted molar refractivity (Wildman–Crippen MR) is 62.4 cm³/mol. The molecule has 0 radical (unpaired) electrons. The van der Waals surface area contributed by atoms with Gasteiger partial charge in [0.2, 0.25) is 0 Å². The fraction of sp³-hybridized carbons (Fsp3) is 0.250. The van der Waals surface area contributed by atoms with E-state index < -0.39 is 0 Å². The molecule has 1 heterocycles. The smallest absolute Gasteiger partial charge is 0.0767 e. The first-order valence-corrected chi connectivity index (χ1v) is 5.15. The molecule has 15 heavy (non-hydrogen) atoms. The molecule has 0 unspecified atom stereocenters. The number of hydrogen-bond acceptors (Lipinski definition) is 2. The van der Waals surface area contributed by atoms with Crippen LogP contribution in [0.2, 0.25) is 0 Å². The molecule has 0 saturated heterocycles. The Morgan fingerprint density at radius 1 is 1.40 bits per heavy atom. The Morgan fingerprint density at radius 3 is 2.93 bits per heavy atom. The summed E-state index contributed by atoms with van der Waals surface area (Å²) in [5, 5.41) is 10.1. The maximum Gasteiger partial charge on any atom is 0.0767 e. The van der Waals surface area contributed by atoms with Crippen LogP contribution in [0.4, 0.5) is 11.4 Å². The number of hydrogen-bond donors (Lipinski definition) is 2. The van der Waals surface area contributed by atoms with Crippen LogP contribution in [0.3, 0.4) is 0 Å². The summed E-state index contributed by atoms with van der Waals surface area (Å²) in [5.41, 5.74) is 4.78. The Balaban J connectivity index is 2.34. The standard InChI is InChI=1S/C12H15N3/c1-3-10-6-4-5-9(2)12(10)15-11-7-13-14-8-11/h4-8,15H,3H2,1-2H3,(H,13,14). The molecular formula is C12H15N3. The van der Waals surface area contributed by atoms with Crippen molar-refractivity contribution in [3.05, 3.63) is 41.7 Å². The largest absolute Gasteiger partial charge is 0.353 e. The second-order valence-corrected chi connectivity index (χ2v) is 3.57. The average Bonchev–Trinajstić information content (AvgIpc) is 2.74. The molecule has 78 valence electrons. The fourth-order valence-corrected chi connectivity index (χ4v) is 1.67. The van der Waals surface area contributed by atoms with Crippen molar-refractivity contribution in [3.63, 3.8) is 0 Å². The van der Waals surface area contributed by atoms with Crippen molar-refractivity contribution < 1.29 is 0 Å². The summed E-state index contributed by atoms with van der Waals surface area (Å²) in [5.74, 6) is 0. The molecule has 0 saturated carbocycles. The van der Waals surface area contributed by atoms with Crippen LogP contribution in [0.1, 0.15) is 18.1 Å². The number of H-pyrrole nitrogens is 1. The number of nitrogens with one attached hydrogen (secondary N) is 2. The van der Waals surface area contributed by atoms with E-state index in [1.54, 1.807) is 6.20 Å². The van der Waals surface area contributed by atoms with Gasteiger partial charge in [0.05, 0.1) is 11.9 Å². The molecule has 1 aromatic heterocycles. The lowest BCUT2D eigenvalue weighted by Crippen LogP contribution is -1.96. The Morgan fingerprint density at radius 2 is 2.27 bits per heavy atom. The van der Waals surface area contributed by atoms with Gasteiger partial charge in [0, 0.05) is 11.9 Å². The first kappa shape index (κ1) is 9.77. The number of aryl methyl sites for hydroxylation is 2. The number of rotatable bonds is 3. The van der Waals surface area contributed by atoms with Crippen LogP contribution >= 0.6 is 0 Å². The summed E-state index contributed by atoms with van der Waals surface area (Å²) < 4.78 is 0. The van der Waals surface area contributed by atoms with Crippen LogP contribution in [0.25, 0.3) is 0 Å². The maximum atomic E-state index is 3.92. The highest BCUT2D eigenvalue weighted by atomic mass is 15.1. The molecule has 0 fully saturated rings. The zero-order valence-corrected chi connectivity index (χ0v) is 9.04. The van der Waals surface area contributed by atoms with Crippen molar-refractivity contribution in [1.29, 1.82) is 0 Å². The first-order valence-electron chi connectivity index (χ1n) is 5.15. The molecule has 1 aromatic carbocycles. The summed E-state index contributed by atoms with van der Waals surface area (Å²) in [6, 6.07) is 6.35.